The summed E-state index contributed by atoms with van der Waals surface area (Å²) in [5.41, 5.74) is 5.35. The average molecular weight is 175 g/mol. The van der Waals surface area contributed by atoms with Crippen molar-refractivity contribution in [2.75, 3.05) is 0 Å². The molecule has 3 N–H and O–H groups in total. The smallest absolute Gasteiger partial charge is 0.303 e. The molecule has 0 radical (unpaired) electrons. The van der Waals surface area contributed by atoms with E-state index in [4.69, 9.17) is 10.8 Å². The average Bonchev–Trinajstić information content (AvgIpc) is 1.79. The molecule has 0 aliphatic rings. The summed E-state index contributed by atoms with van der Waals surface area (Å²) in [6, 6.07) is 0. The SMILES string of the molecule is CC(C)(C)N.CCCCC(=O)O. The minimum atomic E-state index is -0.693. The van der Waals surface area contributed by atoms with Crippen LogP contribution in [0.5, 0.6) is 0 Å². The Morgan fingerprint density at radius 3 is 1.83 bits per heavy atom. The molecule has 0 aromatic rings. The number of carboxylic acid groups (broad SMARTS) is 1. The summed E-state index contributed by atoms with van der Waals surface area (Å²) < 4.78 is 0. The number of rotatable bonds is 3. The fourth-order valence-corrected chi connectivity index (χ4v) is 0.328. The maximum absolute atomic E-state index is 9.76. The largest absolute Gasteiger partial charge is 0.481 e. The van der Waals surface area contributed by atoms with E-state index < -0.39 is 5.97 Å². The molecule has 0 amide bonds. The first-order valence-corrected chi connectivity index (χ1v) is 4.28. The summed E-state index contributed by atoms with van der Waals surface area (Å²) in [5.74, 6) is -0.693. The van der Waals surface area contributed by atoms with Gasteiger partial charge >= 0.3 is 5.97 Å². The molecular weight excluding hydrogens is 154 g/mol. The summed E-state index contributed by atoms with van der Waals surface area (Å²) >= 11 is 0. The van der Waals surface area contributed by atoms with E-state index in [0.717, 1.165) is 12.8 Å². The lowest BCUT2D eigenvalue weighted by atomic mass is 10.1. The van der Waals surface area contributed by atoms with Gasteiger partial charge in [-0.25, -0.2) is 0 Å². The van der Waals surface area contributed by atoms with E-state index >= 15 is 0 Å². The molecule has 0 aliphatic carbocycles. The topological polar surface area (TPSA) is 63.3 Å². The van der Waals surface area contributed by atoms with Gasteiger partial charge in [-0.2, -0.15) is 0 Å². The third-order valence-corrected chi connectivity index (χ3v) is 0.744. The molecular formula is C9H21NO2. The predicted octanol–water partition coefficient (Wildman–Crippen LogP) is 2.00. The minimum absolute atomic E-state index is 0. The Morgan fingerprint density at radius 2 is 1.75 bits per heavy atom. The maximum atomic E-state index is 9.76. The van der Waals surface area contributed by atoms with Crippen LogP contribution < -0.4 is 5.73 Å². The Balaban J connectivity index is 0. The Labute approximate surface area is 75.0 Å². The quantitative estimate of drug-likeness (QED) is 0.689. The van der Waals surface area contributed by atoms with Crippen molar-refractivity contribution in [2.45, 2.75) is 52.5 Å². The second kappa shape index (κ2) is 7.10. The first-order chi connectivity index (χ1) is 5.27. The molecule has 0 atom stereocenters. The van der Waals surface area contributed by atoms with Crippen LogP contribution in [0, 0.1) is 0 Å². The molecule has 0 spiro atoms. The van der Waals surface area contributed by atoms with Gasteiger partial charge in [0.25, 0.3) is 0 Å². The Morgan fingerprint density at radius 1 is 1.42 bits per heavy atom. The van der Waals surface area contributed by atoms with E-state index in [1.807, 2.05) is 27.7 Å². The highest BCUT2D eigenvalue weighted by molar-refractivity contribution is 5.66. The van der Waals surface area contributed by atoms with Crippen LogP contribution in [-0.2, 0) is 4.79 Å². The van der Waals surface area contributed by atoms with Crippen LogP contribution in [0.4, 0.5) is 0 Å². The van der Waals surface area contributed by atoms with Gasteiger partial charge in [-0.05, 0) is 27.2 Å². The zero-order chi connectivity index (χ0) is 10.2. The molecule has 0 heterocycles. The second-order valence-electron chi connectivity index (χ2n) is 3.86. The molecule has 0 unspecified atom stereocenters. The van der Waals surface area contributed by atoms with E-state index in [1.165, 1.54) is 0 Å². The minimum Gasteiger partial charge on any atom is -0.481 e. The summed E-state index contributed by atoms with van der Waals surface area (Å²) in [5, 5.41) is 8.04. The van der Waals surface area contributed by atoms with Crippen molar-refractivity contribution in [2.24, 2.45) is 5.73 Å². The molecule has 0 bridgehead atoms. The first-order valence-electron chi connectivity index (χ1n) is 4.28. The normalized spacial score (nSPS) is 10.1. The van der Waals surface area contributed by atoms with Gasteiger partial charge in [0.2, 0.25) is 0 Å². The Kier molecular flexibility index (Phi) is 8.27. The highest BCUT2D eigenvalue weighted by Gasteiger charge is 1.95. The first kappa shape index (κ1) is 14.0. The summed E-state index contributed by atoms with van der Waals surface area (Å²) in [6.45, 7) is 7.87. The van der Waals surface area contributed by atoms with Gasteiger partial charge in [-0.3, -0.25) is 4.79 Å². The van der Waals surface area contributed by atoms with Crippen molar-refractivity contribution in [3.63, 3.8) is 0 Å². The van der Waals surface area contributed by atoms with Gasteiger partial charge in [0.15, 0.2) is 0 Å². The van der Waals surface area contributed by atoms with E-state index in [-0.39, 0.29) is 5.54 Å². The molecule has 12 heavy (non-hydrogen) atoms. The fourth-order valence-electron chi connectivity index (χ4n) is 0.328. The Bertz CT molecular complexity index is 110. The number of hydrogen-bond acceptors (Lipinski definition) is 2. The van der Waals surface area contributed by atoms with Crippen LogP contribution in [0.15, 0.2) is 0 Å². The summed E-state index contributed by atoms with van der Waals surface area (Å²) in [4.78, 5) is 9.76. The lowest BCUT2D eigenvalue weighted by molar-refractivity contribution is -0.137. The highest BCUT2D eigenvalue weighted by atomic mass is 16.4. The molecule has 0 aromatic heterocycles. The van der Waals surface area contributed by atoms with E-state index in [2.05, 4.69) is 0 Å². The lowest BCUT2D eigenvalue weighted by Gasteiger charge is -2.06. The molecule has 74 valence electrons. The van der Waals surface area contributed by atoms with Gasteiger partial charge in [-0.1, -0.05) is 13.3 Å². The monoisotopic (exact) mass is 175 g/mol. The highest BCUT2D eigenvalue weighted by Crippen LogP contribution is 1.91. The number of nitrogens with two attached hydrogens (primary N) is 1. The molecule has 0 saturated heterocycles. The predicted molar refractivity (Wildman–Crippen MR) is 51.1 cm³/mol. The Hall–Kier alpha value is -0.570. The van der Waals surface area contributed by atoms with Crippen molar-refractivity contribution < 1.29 is 9.90 Å². The standard InChI is InChI=1S/C5H10O2.C4H11N/c1-2-3-4-5(6)7;1-4(2,3)5/h2-4H2,1H3,(H,6,7);5H2,1-3H3. The van der Waals surface area contributed by atoms with Crippen LogP contribution in [0.1, 0.15) is 47.0 Å². The van der Waals surface area contributed by atoms with Gasteiger partial charge in [-0.15, -0.1) is 0 Å². The van der Waals surface area contributed by atoms with E-state index in [9.17, 15) is 4.79 Å². The van der Waals surface area contributed by atoms with Crippen molar-refractivity contribution in [3.8, 4) is 0 Å². The van der Waals surface area contributed by atoms with Gasteiger partial charge in [0.1, 0.15) is 0 Å². The van der Waals surface area contributed by atoms with Crippen LogP contribution in [-0.4, -0.2) is 16.6 Å². The number of carboxylic acids is 1. The lowest BCUT2D eigenvalue weighted by Crippen LogP contribution is -2.26. The van der Waals surface area contributed by atoms with Crippen molar-refractivity contribution >= 4 is 5.97 Å². The molecule has 0 fully saturated rings. The molecule has 0 aliphatic heterocycles. The number of unbranched alkanes of at least 4 members (excludes halogenated alkanes) is 1. The van der Waals surface area contributed by atoms with E-state index in [1.54, 1.807) is 0 Å². The van der Waals surface area contributed by atoms with Crippen LogP contribution in [0.2, 0.25) is 0 Å². The van der Waals surface area contributed by atoms with E-state index in [0.29, 0.717) is 6.42 Å². The second-order valence-corrected chi connectivity index (χ2v) is 3.86. The summed E-state index contributed by atoms with van der Waals surface area (Å²) in [6.07, 6.45) is 2.08. The molecule has 0 aromatic carbocycles. The van der Waals surface area contributed by atoms with Gasteiger partial charge in [0, 0.05) is 12.0 Å². The van der Waals surface area contributed by atoms with Crippen molar-refractivity contribution in [1.82, 2.24) is 0 Å². The molecule has 0 rings (SSSR count). The molecule has 0 saturated carbocycles. The van der Waals surface area contributed by atoms with Crippen LogP contribution in [0.25, 0.3) is 0 Å². The summed E-state index contributed by atoms with van der Waals surface area (Å²) in [7, 11) is 0. The zero-order valence-electron chi connectivity index (χ0n) is 8.55. The molecule has 3 heteroatoms. The van der Waals surface area contributed by atoms with Crippen LogP contribution >= 0.6 is 0 Å². The van der Waals surface area contributed by atoms with Gasteiger partial charge in [0.05, 0.1) is 0 Å². The zero-order valence-corrected chi connectivity index (χ0v) is 8.55. The van der Waals surface area contributed by atoms with Crippen molar-refractivity contribution in [3.05, 3.63) is 0 Å². The fraction of sp³-hybridized carbons (Fsp3) is 0.889. The van der Waals surface area contributed by atoms with Crippen molar-refractivity contribution in [1.29, 1.82) is 0 Å². The van der Waals surface area contributed by atoms with Gasteiger partial charge < -0.3 is 10.8 Å². The number of aliphatic carboxylic acids is 1. The third kappa shape index (κ3) is 57.0. The number of hydrogen-bond donors (Lipinski definition) is 2. The number of carbonyl (C=O) groups is 1. The third-order valence-electron chi connectivity index (χ3n) is 0.744. The molecule has 3 nitrogen and oxygen atoms in total. The van der Waals surface area contributed by atoms with Crippen LogP contribution in [0.3, 0.4) is 0 Å². The maximum Gasteiger partial charge on any atom is 0.303 e.